The van der Waals surface area contributed by atoms with Crippen molar-refractivity contribution in [1.29, 1.82) is 0 Å². The summed E-state index contributed by atoms with van der Waals surface area (Å²) in [5.74, 6) is 0.0141. The molecule has 3 nitrogen and oxygen atoms in total. The van der Waals surface area contributed by atoms with Crippen molar-refractivity contribution < 1.29 is 4.79 Å². The number of aromatic nitrogens is 1. The van der Waals surface area contributed by atoms with Gasteiger partial charge < -0.3 is 4.90 Å². The Kier molecular flexibility index (Phi) is 4.14. The Morgan fingerprint density at radius 1 is 1.44 bits per heavy atom. The minimum absolute atomic E-state index is 0.0141. The average molecular weight is 325 g/mol. The van der Waals surface area contributed by atoms with Gasteiger partial charge in [-0.15, -0.1) is 11.3 Å². The van der Waals surface area contributed by atoms with Crippen LogP contribution in [0.3, 0.4) is 0 Å². The Balaban J connectivity index is 2.11. The molecule has 2 aromatic heterocycles. The number of thiophene rings is 1. The van der Waals surface area contributed by atoms with E-state index in [9.17, 15) is 4.79 Å². The molecule has 0 aromatic carbocycles. The second-order valence-corrected chi connectivity index (χ2v) is 5.80. The summed E-state index contributed by atoms with van der Waals surface area (Å²) in [6.45, 7) is 2.46. The SMILES string of the molecule is Cc1cccc(CN(C)C(=O)c2sccc2Br)n1. The zero-order valence-electron chi connectivity index (χ0n) is 10.2. The van der Waals surface area contributed by atoms with Crippen LogP contribution in [0.2, 0.25) is 0 Å². The van der Waals surface area contributed by atoms with Crippen LogP contribution in [0.5, 0.6) is 0 Å². The lowest BCUT2D eigenvalue weighted by Gasteiger charge is -2.16. The predicted molar refractivity (Wildman–Crippen MR) is 76.8 cm³/mol. The van der Waals surface area contributed by atoms with Crippen molar-refractivity contribution in [2.24, 2.45) is 0 Å². The fraction of sp³-hybridized carbons (Fsp3) is 0.231. The van der Waals surface area contributed by atoms with Gasteiger partial charge in [0, 0.05) is 17.2 Å². The van der Waals surface area contributed by atoms with Gasteiger partial charge in [0.25, 0.3) is 5.91 Å². The zero-order chi connectivity index (χ0) is 13.1. The molecule has 2 heterocycles. The third-order valence-electron chi connectivity index (χ3n) is 2.50. The van der Waals surface area contributed by atoms with Crippen LogP contribution in [0, 0.1) is 6.92 Å². The highest BCUT2D eigenvalue weighted by molar-refractivity contribution is 9.10. The van der Waals surface area contributed by atoms with Gasteiger partial charge in [0.2, 0.25) is 0 Å². The van der Waals surface area contributed by atoms with Crippen molar-refractivity contribution in [3.05, 3.63) is 50.4 Å². The molecule has 2 rings (SSSR count). The van der Waals surface area contributed by atoms with E-state index in [1.807, 2.05) is 36.6 Å². The molecule has 1 amide bonds. The average Bonchev–Trinajstić information content (AvgIpc) is 2.74. The quantitative estimate of drug-likeness (QED) is 0.865. The van der Waals surface area contributed by atoms with E-state index in [1.165, 1.54) is 11.3 Å². The maximum absolute atomic E-state index is 12.2. The lowest BCUT2D eigenvalue weighted by molar-refractivity contribution is 0.0787. The Labute approximate surface area is 119 Å². The Morgan fingerprint density at radius 2 is 2.22 bits per heavy atom. The van der Waals surface area contributed by atoms with E-state index in [0.29, 0.717) is 6.54 Å². The minimum Gasteiger partial charge on any atom is -0.335 e. The molecule has 0 unspecified atom stereocenters. The van der Waals surface area contributed by atoms with E-state index in [1.54, 1.807) is 11.9 Å². The second-order valence-electron chi connectivity index (χ2n) is 4.03. The van der Waals surface area contributed by atoms with E-state index >= 15 is 0 Å². The first-order chi connectivity index (χ1) is 8.58. The first kappa shape index (κ1) is 13.2. The Morgan fingerprint density at radius 3 is 2.83 bits per heavy atom. The first-order valence-electron chi connectivity index (χ1n) is 5.49. The van der Waals surface area contributed by atoms with Gasteiger partial charge in [-0.1, -0.05) is 6.07 Å². The first-order valence-corrected chi connectivity index (χ1v) is 7.16. The lowest BCUT2D eigenvalue weighted by Crippen LogP contribution is -2.26. The van der Waals surface area contributed by atoms with Gasteiger partial charge in [-0.05, 0) is 46.4 Å². The van der Waals surface area contributed by atoms with Crippen LogP contribution in [0.4, 0.5) is 0 Å². The van der Waals surface area contributed by atoms with Gasteiger partial charge in [-0.3, -0.25) is 9.78 Å². The summed E-state index contributed by atoms with van der Waals surface area (Å²) in [7, 11) is 1.79. The van der Waals surface area contributed by atoms with E-state index in [4.69, 9.17) is 0 Å². The number of amides is 1. The number of hydrogen-bond donors (Lipinski definition) is 0. The lowest BCUT2D eigenvalue weighted by atomic mass is 10.3. The molecule has 0 aliphatic heterocycles. The van der Waals surface area contributed by atoms with Gasteiger partial charge in [-0.2, -0.15) is 0 Å². The molecule has 0 aliphatic rings. The summed E-state index contributed by atoms with van der Waals surface area (Å²) in [5, 5.41) is 1.90. The zero-order valence-corrected chi connectivity index (χ0v) is 12.6. The van der Waals surface area contributed by atoms with E-state index in [0.717, 1.165) is 20.7 Å². The fourth-order valence-corrected chi connectivity index (χ4v) is 3.16. The molecule has 0 spiro atoms. The third-order valence-corrected chi connectivity index (χ3v) is 4.33. The molecular formula is C13H13BrN2OS. The highest BCUT2D eigenvalue weighted by Gasteiger charge is 2.16. The van der Waals surface area contributed by atoms with Crippen LogP contribution in [-0.2, 0) is 6.54 Å². The summed E-state index contributed by atoms with van der Waals surface area (Å²) in [6.07, 6.45) is 0. The molecule has 0 saturated heterocycles. The Bertz CT molecular complexity index is 568. The monoisotopic (exact) mass is 324 g/mol. The number of halogens is 1. The van der Waals surface area contributed by atoms with E-state index in [-0.39, 0.29) is 5.91 Å². The maximum Gasteiger partial charge on any atom is 0.265 e. The largest absolute Gasteiger partial charge is 0.335 e. The molecule has 0 atom stereocenters. The number of aryl methyl sites for hydroxylation is 1. The highest BCUT2D eigenvalue weighted by Crippen LogP contribution is 2.24. The molecule has 5 heteroatoms. The highest BCUT2D eigenvalue weighted by atomic mass is 79.9. The van der Waals surface area contributed by atoms with Gasteiger partial charge >= 0.3 is 0 Å². The van der Waals surface area contributed by atoms with Crippen molar-refractivity contribution in [3.8, 4) is 0 Å². The molecule has 0 bridgehead atoms. The number of carbonyl (C=O) groups excluding carboxylic acids is 1. The molecule has 18 heavy (non-hydrogen) atoms. The molecule has 0 radical (unpaired) electrons. The van der Waals surface area contributed by atoms with Crippen molar-refractivity contribution in [3.63, 3.8) is 0 Å². The van der Waals surface area contributed by atoms with Crippen LogP contribution >= 0.6 is 27.3 Å². The summed E-state index contributed by atoms with van der Waals surface area (Å²) in [6, 6.07) is 7.72. The molecule has 0 saturated carbocycles. The minimum atomic E-state index is 0.0141. The number of carbonyl (C=O) groups is 1. The summed E-state index contributed by atoms with van der Waals surface area (Å²) < 4.78 is 0.849. The van der Waals surface area contributed by atoms with Crippen LogP contribution < -0.4 is 0 Å². The van der Waals surface area contributed by atoms with E-state index in [2.05, 4.69) is 20.9 Å². The van der Waals surface area contributed by atoms with Crippen molar-refractivity contribution in [2.45, 2.75) is 13.5 Å². The standard InChI is InChI=1S/C13H13BrN2OS/c1-9-4-3-5-10(15-9)8-16(2)13(17)12-11(14)6-7-18-12/h3-7H,8H2,1-2H3. The second kappa shape index (κ2) is 5.63. The van der Waals surface area contributed by atoms with Gasteiger partial charge in [0.1, 0.15) is 4.88 Å². The molecule has 0 N–H and O–H groups in total. The predicted octanol–water partition coefficient (Wildman–Crippen LogP) is 3.49. The summed E-state index contributed by atoms with van der Waals surface area (Å²) >= 11 is 4.82. The number of nitrogens with zero attached hydrogens (tertiary/aromatic N) is 2. The normalized spacial score (nSPS) is 10.4. The number of pyridine rings is 1. The van der Waals surface area contributed by atoms with E-state index < -0.39 is 0 Å². The van der Waals surface area contributed by atoms with Crippen molar-refractivity contribution in [2.75, 3.05) is 7.05 Å². The fourth-order valence-electron chi connectivity index (χ4n) is 1.62. The molecular weight excluding hydrogens is 312 g/mol. The van der Waals surface area contributed by atoms with Gasteiger partial charge in [0.05, 0.1) is 12.2 Å². The topological polar surface area (TPSA) is 33.2 Å². The molecule has 0 fully saturated rings. The summed E-state index contributed by atoms with van der Waals surface area (Å²) in [4.78, 5) is 19.0. The number of hydrogen-bond acceptors (Lipinski definition) is 3. The number of rotatable bonds is 3. The molecule has 0 aliphatic carbocycles. The van der Waals surface area contributed by atoms with Crippen molar-refractivity contribution >= 4 is 33.2 Å². The van der Waals surface area contributed by atoms with Crippen LogP contribution in [0.15, 0.2) is 34.1 Å². The van der Waals surface area contributed by atoms with Crippen LogP contribution in [0.25, 0.3) is 0 Å². The molecule has 2 aromatic rings. The molecule has 94 valence electrons. The van der Waals surface area contributed by atoms with Crippen molar-refractivity contribution in [1.82, 2.24) is 9.88 Å². The summed E-state index contributed by atoms with van der Waals surface area (Å²) in [5.41, 5.74) is 1.86. The van der Waals surface area contributed by atoms with Crippen LogP contribution in [-0.4, -0.2) is 22.8 Å². The van der Waals surface area contributed by atoms with Gasteiger partial charge in [0.15, 0.2) is 0 Å². The third kappa shape index (κ3) is 2.97. The Hall–Kier alpha value is -1.20. The van der Waals surface area contributed by atoms with Gasteiger partial charge in [-0.25, -0.2) is 0 Å². The smallest absolute Gasteiger partial charge is 0.265 e. The maximum atomic E-state index is 12.2. The van der Waals surface area contributed by atoms with Crippen LogP contribution in [0.1, 0.15) is 21.1 Å².